The molecule has 8 heteroatoms. The fraction of sp³-hybridized carbons (Fsp3) is 0.171. The minimum Gasteiger partial charge on any atom is -0.478 e. The van der Waals surface area contributed by atoms with Crippen LogP contribution in [-0.4, -0.2) is 25.7 Å². The van der Waals surface area contributed by atoms with Gasteiger partial charge in [-0.1, -0.05) is 29.8 Å². The molecule has 0 spiro atoms. The molecule has 1 aliphatic rings. The van der Waals surface area contributed by atoms with Crippen molar-refractivity contribution in [1.29, 1.82) is 0 Å². The van der Waals surface area contributed by atoms with E-state index in [1.165, 1.54) is 5.56 Å². The highest BCUT2D eigenvalue weighted by Gasteiger charge is 2.42. The van der Waals surface area contributed by atoms with E-state index in [2.05, 4.69) is 32.8 Å². The first-order chi connectivity index (χ1) is 20.7. The Labute approximate surface area is 256 Å². The summed E-state index contributed by atoms with van der Waals surface area (Å²) in [7, 11) is 0. The van der Waals surface area contributed by atoms with Gasteiger partial charge in [-0.05, 0) is 118 Å². The van der Waals surface area contributed by atoms with Crippen molar-refractivity contribution >= 4 is 29.0 Å². The normalized spacial score (nSPS) is 16.3. The molecule has 216 valence electrons. The molecule has 1 saturated heterocycles. The number of aromatic carboxylic acids is 1. The molecule has 6 rings (SSSR count). The smallest absolute Gasteiger partial charge is 0.335 e. The lowest BCUT2D eigenvalue weighted by Crippen LogP contribution is -2.29. The third-order valence-corrected chi connectivity index (χ3v) is 8.27. The van der Waals surface area contributed by atoms with Crippen LogP contribution in [0.2, 0.25) is 0 Å². The van der Waals surface area contributed by atoms with Crippen molar-refractivity contribution in [3.05, 3.63) is 137 Å². The van der Waals surface area contributed by atoms with Gasteiger partial charge in [0.25, 0.3) is 0 Å². The van der Waals surface area contributed by atoms with Crippen molar-refractivity contribution in [3.63, 3.8) is 0 Å². The second-order valence-electron chi connectivity index (χ2n) is 10.9. The quantitative estimate of drug-likeness (QED) is 0.188. The Hall–Kier alpha value is -4.95. The van der Waals surface area contributed by atoms with Crippen molar-refractivity contribution in [2.45, 2.75) is 39.8 Å². The zero-order valence-electron chi connectivity index (χ0n) is 24.4. The number of carboxylic acids is 1. The molecule has 2 N–H and O–H groups in total. The number of hydrogen-bond donors (Lipinski definition) is 2. The van der Waals surface area contributed by atoms with E-state index >= 15 is 0 Å². The van der Waals surface area contributed by atoms with Crippen LogP contribution in [0.25, 0.3) is 5.69 Å². The average Bonchev–Trinajstić information content (AvgIpc) is 3.50. The summed E-state index contributed by atoms with van der Waals surface area (Å²) in [5.41, 5.74) is 8.13. The van der Waals surface area contributed by atoms with Crippen LogP contribution in [0.1, 0.15) is 56.2 Å². The zero-order chi connectivity index (χ0) is 30.2. The summed E-state index contributed by atoms with van der Waals surface area (Å²) in [6.45, 7) is 8.16. The molecule has 3 heterocycles. The summed E-state index contributed by atoms with van der Waals surface area (Å²) in [5.74, 6) is 0.556. The third kappa shape index (κ3) is 5.37. The van der Waals surface area contributed by atoms with Crippen LogP contribution in [0.3, 0.4) is 0 Å². The number of nitrogens with one attached hydrogen (secondary N) is 1. The second kappa shape index (κ2) is 11.4. The summed E-state index contributed by atoms with van der Waals surface area (Å²) in [4.78, 5) is 18.6. The van der Waals surface area contributed by atoms with Crippen molar-refractivity contribution in [2.24, 2.45) is 0 Å². The minimum atomic E-state index is -0.953. The third-order valence-electron chi connectivity index (χ3n) is 7.96. The van der Waals surface area contributed by atoms with Gasteiger partial charge in [-0.15, -0.1) is 0 Å². The lowest BCUT2D eigenvalue weighted by Gasteiger charge is -2.28. The summed E-state index contributed by atoms with van der Waals surface area (Å²) >= 11 is 5.95. The molecule has 0 aliphatic carbocycles. The van der Waals surface area contributed by atoms with Crippen LogP contribution in [0.15, 0.2) is 97.2 Å². The van der Waals surface area contributed by atoms with E-state index in [1.54, 1.807) is 18.3 Å². The lowest BCUT2D eigenvalue weighted by atomic mass is 9.96. The number of benzene rings is 3. The van der Waals surface area contributed by atoms with E-state index in [0.717, 1.165) is 51.1 Å². The Morgan fingerprint density at radius 2 is 1.60 bits per heavy atom. The molecule has 5 aromatic rings. The van der Waals surface area contributed by atoms with Gasteiger partial charge in [0, 0.05) is 29.0 Å². The largest absolute Gasteiger partial charge is 0.478 e. The first-order valence-corrected chi connectivity index (χ1v) is 14.5. The molecule has 0 saturated carbocycles. The number of aromatic nitrogens is 2. The molecule has 0 radical (unpaired) electrons. The molecular weight excluding hydrogens is 556 g/mol. The molecule has 0 bridgehead atoms. The Morgan fingerprint density at radius 3 is 2.26 bits per heavy atom. The molecule has 7 nitrogen and oxygen atoms in total. The van der Waals surface area contributed by atoms with Gasteiger partial charge in [0.2, 0.25) is 0 Å². The van der Waals surface area contributed by atoms with Gasteiger partial charge < -0.3 is 24.6 Å². The molecule has 1 fully saturated rings. The summed E-state index contributed by atoms with van der Waals surface area (Å²) in [6.07, 6.45) is 1.79. The molecule has 43 heavy (non-hydrogen) atoms. The maximum atomic E-state index is 11.8. The van der Waals surface area contributed by atoms with Gasteiger partial charge in [-0.25, -0.2) is 4.79 Å². The van der Waals surface area contributed by atoms with Gasteiger partial charge >= 0.3 is 5.97 Å². The number of carbonyl (C=O) groups is 1. The zero-order valence-corrected chi connectivity index (χ0v) is 25.2. The number of hydrogen-bond acceptors (Lipinski definition) is 4. The standard InChI is InChI=1S/C35H32N4O3S/c1-21-8-14-27(15-9-21)42-28-16-12-26(13-17-28)39-33(32(37-35(39)43)30-7-5-6-18-36-30)29-19-23(3)38(24(29)4)31-20-25(34(40)41)11-10-22(31)2/h5-20,32-33H,1-4H3,(H,37,43)(H,40,41)/t32-,33-/m0/s1. The summed E-state index contributed by atoms with van der Waals surface area (Å²) < 4.78 is 8.21. The van der Waals surface area contributed by atoms with Crippen LogP contribution in [0, 0.1) is 27.7 Å². The number of aryl methyl sites for hydroxylation is 3. The number of pyridine rings is 1. The lowest BCUT2D eigenvalue weighted by molar-refractivity contribution is 0.0697. The predicted octanol–water partition coefficient (Wildman–Crippen LogP) is 7.77. The number of anilines is 1. The number of carboxylic acid groups (broad SMARTS) is 1. The van der Waals surface area contributed by atoms with E-state index in [9.17, 15) is 9.90 Å². The van der Waals surface area contributed by atoms with Crippen LogP contribution in [-0.2, 0) is 0 Å². The van der Waals surface area contributed by atoms with Gasteiger partial charge in [0.15, 0.2) is 5.11 Å². The van der Waals surface area contributed by atoms with E-state index in [4.69, 9.17) is 17.0 Å². The number of ether oxygens (including phenoxy) is 1. The van der Waals surface area contributed by atoms with E-state index in [-0.39, 0.29) is 17.6 Å². The predicted molar refractivity (Wildman–Crippen MR) is 173 cm³/mol. The number of thiocarbonyl (C=S) groups is 1. The van der Waals surface area contributed by atoms with E-state index in [0.29, 0.717) is 5.11 Å². The highest BCUT2D eigenvalue weighted by atomic mass is 32.1. The second-order valence-corrected chi connectivity index (χ2v) is 11.3. The van der Waals surface area contributed by atoms with Gasteiger partial charge in [-0.3, -0.25) is 4.98 Å². The fourth-order valence-corrected chi connectivity index (χ4v) is 6.15. The topological polar surface area (TPSA) is 79.6 Å². The van der Waals surface area contributed by atoms with Gasteiger partial charge in [-0.2, -0.15) is 0 Å². The molecule has 0 amide bonds. The molecule has 2 atom stereocenters. The molecular formula is C35H32N4O3S. The fourth-order valence-electron chi connectivity index (χ4n) is 5.81. The van der Waals surface area contributed by atoms with E-state index in [1.807, 2.05) is 93.6 Å². The summed E-state index contributed by atoms with van der Waals surface area (Å²) in [5, 5.41) is 13.8. The summed E-state index contributed by atoms with van der Waals surface area (Å²) in [6, 6.07) is 28.8. The Morgan fingerprint density at radius 1 is 0.907 bits per heavy atom. The first kappa shape index (κ1) is 28.2. The molecule has 3 aromatic carbocycles. The maximum absolute atomic E-state index is 11.8. The highest BCUT2D eigenvalue weighted by Crippen LogP contribution is 2.44. The molecule has 2 aromatic heterocycles. The molecule has 1 aliphatic heterocycles. The van der Waals surface area contributed by atoms with Crippen LogP contribution >= 0.6 is 12.2 Å². The van der Waals surface area contributed by atoms with Crippen molar-refractivity contribution in [2.75, 3.05) is 4.90 Å². The average molecular weight is 589 g/mol. The van der Waals surface area contributed by atoms with Gasteiger partial charge in [0.1, 0.15) is 11.5 Å². The van der Waals surface area contributed by atoms with Crippen molar-refractivity contribution in [1.82, 2.24) is 14.9 Å². The Balaban J connectivity index is 1.43. The van der Waals surface area contributed by atoms with Crippen molar-refractivity contribution in [3.8, 4) is 17.2 Å². The first-order valence-electron chi connectivity index (χ1n) is 14.1. The van der Waals surface area contributed by atoms with E-state index < -0.39 is 5.97 Å². The highest BCUT2D eigenvalue weighted by molar-refractivity contribution is 7.80. The maximum Gasteiger partial charge on any atom is 0.335 e. The Kier molecular flexibility index (Phi) is 7.46. The number of rotatable bonds is 7. The van der Waals surface area contributed by atoms with Gasteiger partial charge in [0.05, 0.1) is 23.3 Å². The SMILES string of the molecule is Cc1ccc(Oc2ccc(N3C(=S)N[C@@H](c4ccccn4)[C@@H]3c3cc(C)n(-c4cc(C(=O)O)ccc4C)c3C)cc2)cc1. The van der Waals surface area contributed by atoms with Crippen molar-refractivity contribution < 1.29 is 14.6 Å². The molecule has 0 unspecified atom stereocenters. The van der Waals surface area contributed by atoms with Crippen LogP contribution < -0.4 is 15.0 Å². The number of nitrogens with zero attached hydrogens (tertiary/aromatic N) is 3. The Bertz CT molecular complexity index is 1820. The monoisotopic (exact) mass is 588 g/mol. The van der Waals surface area contributed by atoms with Crippen LogP contribution in [0.4, 0.5) is 5.69 Å². The van der Waals surface area contributed by atoms with Crippen LogP contribution in [0.5, 0.6) is 11.5 Å². The minimum absolute atomic E-state index is 0.211.